The van der Waals surface area contributed by atoms with Crippen LogP contribution < -0.4 is 5.43 Å². The second kappa shape index (κ2) is 9.54. The highest BCUT2D eigenvalue weighted by atomic mass is 35.5. The van der Waals surface area contributed by atoms with Gasteiger partial charge >= 0.3 is 0 Å². The Morgan fingerprint density at radius 3 is 2.53 bits per heavy atom. The summed E-state index contributed by atoms with van der Waals surface area (Å²) in [6.45, 7) is 0. The Bertz CT molecular complexity index is 1620. The van der Waals surface area contributed by atoms with Crippen molar-refractivity contribution in [3.63, 3.8) is 0 Å². The standard InChI is InChI=1S/C25H14Cl2N4O4S/c26-16-10-11-20-17(13-16)21(27)22(36-20)24(32)29-30-23(14-6-2-1-3-7-14)28-18(25(30)33)12-15-8-4-5-9-19(15)31(34)35/h1-13H,(H,29,32)/b18-12-. The number of nitro groups is 1. The molecule has 0 spiro atoms. The van der Waals surface area contributed by atoms with Crippen LogP contribution in [0.5, 0.6) is 0 Å². The summed E-state index contributed by atoms with van der Waals surface area (Å²) in [6, 6.07) is 19.9. The Kier molecular flexibility index (Phi) is 6.27. The molecule has 36 heavy (non-hydrogen) atoms. The molecule has 2 heterocycles. The predicted molar refractivity (Wildman–Crippen MR) is 140 cm³/mol. The number of thiophene rings is 1. The van der Waals surface area contributed by atoms with E-state index < -0.39 is 16.7 Å². The van der Waals surface area contributed by atoms with Gasteiger partial charge in [-0.15, -0.1) is 11.3 Å². The molecule has 0 bridgehead atoms. The van der Waals surface area contributed by atoms with Crippen molar-refractivity contribution in [2.24, 2.45) is 4.99 Å². The van der Waals surface area contributed by atoms with Gasteiger partial charge in [0.2, 0.25) is 0 Å². The SMILES string of the molecule is O=C(NN1C(=O)/C(=C/c2ccccc2[N+](=O)[O-])N=C1c1ccccc1)c1sc2ccc(Cl)cc2c1Cl. The zero-order valence-electron chi connectivity index (χ0n) is 18.1. The summed E-state index contributed by atoms with van der Waals surface area (Å²) in [5, 5.41) is 13.8. The fraction of sp³-hybridized carbons (Fsp3) is 0. The van der Waals surface area contributed by atoms with Crippen LogP contribution in [0.1, 0.15) is 20.8 Å². The summed E-state index contributed by atoms with van der Waals surface area (Å²) in [7, 11) is 0. The molecule has 2 amide bonds. The van der Waals surface area contributed by atoms with Crippen molar-refractivity contribution in [1.82, 2.24) is 10.4 Å². The van der Waals surface area contributed by atoms with Crippen molar-refractivity contribution < 1.29 is 14.5 Å². The number of carbonyl (C=O) groups is 2. The highest BCUT2D eigenvalue weighted by Crippen LogP contribution is 2.37. The first-order valence-corrected chi connectivity index (χ1v) is 12.0. The normalized spacial score (nSPS) is 14.4. The summed E-state index contributed by atoms with van der Waals surface area (Å²) in [6.07, 6.45) is 1.32. The van der Waals surface area contributed by atoms with Gasteiger partial charge in [0.25, 0.3) is 17.5 Å². The Hall–Kier alpha value is -4.05. The lowest BCUT2D eigenvalue weighted by Crippen LogP contribution is -2.47. The zero-order valence-corrected chi connectivity index (χ0v) is 20.5. The molecule has 5 rings (SSSR count). The molecule has 178 valence electrons. The number of nitro benzene ring substituents is 1. The van der Waals surface area contributed by atoms with Crippen molar-refractivity contribution in [1.29, 1.82) is 0 Å². The van der Waals surface area contributed by atoms with E-state index in [1.807, 2.05) is 0 Å². The molecule has 0 saturated carbocycles. The molecule has 0 unspecified atom stereocenters. The first-order valence-electron chi connectivity index (χ1n) is 10.5. The molecule has 1 N–H and O–H groups in total. The molecule has 4 aromatic rings. The van der Waals surface area contributed by atoms with Gasteiger partial charge in [0.05, 0.1) is 15.5 Å². The number of hydrogen-bond acceptors (Lipinski definition) is 6. The highest BCUT2D eigenvalue weighted by Gasteiger charge is 2.34. The van der Waals surface area contributed by atoms with Gasteiger partial charge in [-0.25, -0.2) is 4.99 Å². The predicted octanol–water partition coefficient (Wildman–Crippen LogP) is 6.09. The number of nitrogens with one attached hydrogen (secondary N) is 1. The van der Waals surface area contributed by atoms with E-state index in [1.165, 1.54) is 24.3 Å². The van der Waals surface area contributed by atoms with Crippen molar-refractivity contribution >= 4 is 74.0 Å². The summed E-state index contributed by atoms with van der Waals surface area (Å²) in [5.74, 6) is -1.10. The van der Waals surface area contributed by atoms with Crippen LogP contribution in [0.2, 0.25) is 10.0 Å². The maximum atomic E-state index is 13.4. The van der Waals surface area contributed by atoms with Crippen LogP contribution in [0.4, 0.5) is 5.69 Å². The number of hydrazine groups is 1. The van der Waals surface area contributed by atoms with Crippen LogP contribution in [-0.4, -0.2) is 27.6 Å². The molecular formula is C25H14Cl2N4O4S. The maximum absolute atomic E-state index is 13.4. The van der Waals surface area contributed by atoms with E-state index in [1.54, 1.807) is 54.6 Å². The van der Waals surface area contributed by atoms with E-state index in [0.29, 0.717) is 16.0 Å². The molecule has 11 heteroatoms. The number of amides is 2. The lowest BCUT2D eigenvalue weighted by molar-refractivity contribution is -0.385. The molecule has 0 saturated heterocycles. The van der Waals surface area contributed by atoms with Gasteiger partial charge < -0.3 is 0 Å². The Balaban J connectivity index is 1.54. The minimum atomic E-state index is -0.652. The van der Waals surface area contributed by atoms with Crippen LogP contribution in [-0.2, 0) is 4.79 Å². The first-order chi connectivity index (χ1) is 17.3. The van der Waals surface area contributed by atoms with Crippen LogP contribution in [0, 0.1) is 10.1 Å². The van der Waals surface area contributed by atoms with E-state index in [2.05, 4.69) is 10.4 Å². The lowest BCUT2D eigenvalue weighted by atomic mass is 10.1. The number of benzene rings is 3. The third-order valence-corrected chi connectivity index (χ3v) is 7.24. The van der Waals surface area contributed by atoms with Crippen molar-refractivity contribution in [2.45, 2.75) is 0 Å². The minimum absolute atomic E-state index is 0.0716. The van der Waals surface area contributed by atoms with E-state index >= 15 is 0 Å². The second-order valence-electron chi connectivity index (χ2n) is 7.61. The molecule has 1 aromatic heterocycles. The highest BCUT2D eigenvalue weighted by molar-refractivity contribution is 7.21. The summed E-state index contributed by atoms with van der Waals surface area (Å²) < 4.78 is 0.760. The number of fused-ring (bicyclic) bond motifs is 1. The minimum Gasteiger partial charge on any atom is -0.266 e. The number of aliphatic imine (C=N–C) groups is 1. The first kappa shape index (κ1) is 23.7. The Morgan fingerprint density at radius 2 is 1.78 bits per heavy atom. The van der Waals surface area contributed by atoms with Gasteiger partial charge in [0.15, 0.2) is 5.84 Å². The number of carbonyl (C=O) groups excluding carboxylic acids is 2. The number of para-hydroxylation sites is 1. The number of hydrogen-bond donors (Lipinski definition) is 1. The number of amidine groups is 1. The van der Waals surface area contributed by atoms with Crippen LogP contribution in [0.25, 0.3) is 16.2 Å². The van der Waals surface area contributed by atoms with Gasteiger partial charge in [-0.1, -0.05) is 65.7 Å². The van der Waals surface area contributed by atoms with E-state index in [9.17, 15) is 19.7 Å². The molecule has 8 nitrogen and oxygen atoms in total. The summed E-state index contributed by atoms with van der Waals surface area (Å²) >= 11 is 13.7. The largest absolute Gasteiger partial charge is 0.297 e. The quantitative estimate of drug-likeness (QED) is 0.189. The van der Waals surface area contributed by atoms with Gasteiger partial charge in [-0.05, 0) is 30.3 Å². The van der Waals surface area contributed by atoms with Gasteiger partial charge in [0, 0.05) is 26.7 Å². The lowest BCUT2D eigenvalue weighted by Gasteiger charge is -2.18. The molecule has 3 aromatic carbocycles. The van der Waals surface area contributed by atoms with Gasteiger partial charge in [-0.2, -0.15) is 5.01 Å². The van der Waals surface area contributed by atoms with E-state index in [-0.39, 0.29) is 32.7 Å². The molecular weight excluding hydrogens is 523 g/mol. The van der Waals surface area contributed by atoms with E-state index in [4.69, 9.17) is 23.2 Å². The maximum Gasteiger partial charge on any atom is 0.297 e. The summed E-state index contributed by atoms with van der Waals surface area (Å²) in [5.41, 5.74) is 3.12. The molecule has 0 atom stereocenters. The second-order valence-corrected chi connectivity index (χ2v) is 9.48. The van der Waals surface area contributed by atoms with Gasteiger partial charge in [0.1, 0.15) is 10.6 Å². The third-order valence-electron chi connectivity index (χ3n) is 5.33. The van der Waals surface area contributed by atoms with Crippen molar-refractivity contribution in [2.75, 3.05) is 0 Å². The smallest absolute Gasteiger partial charge is 0.266 e. The molecule has 0 radical (unpaired) electrons. The summed E-state index contributed by atoms with van der Waals surface area (Å²) in [4.78, 5) is 42.1. The van der Waals surface area contributed by atoms with Crippen LogP contribution in [0.3, 0.4) is 0 Å². The van der Waals surface area contributed by atoms with Gasteiger partial charge in [-0.3, -0.25) is 25.1 Å². The number of rotatable bonds is 5. The van der Waals surface area contributed by atoms with Crippen molar-refractivity contribution in [3.8, 4) is 0 Å². The van der Waals surface area contributed by atoms with Crippen LogP contribution >= 0.6 is 34.5 Å². The molecule has 1 aliphatic heterocycles. The zero-order chi connectivity index (χ0) is 25.4. The topological polar surface area (TPSA) is 105 Å². The average Bonchev–Trinajstić information content (AvgIpc) is 3.36. The van der Waals surface area contributed by atoms with Crippen LogP contribution in [0.15, 0.2) is 83.5 Å². The van der Waals surface area contributed by atoms with E-state index in [0.717, 1.165) is 21.0 Å². The average molecular weight is 537 g/mol. The molecule has 0 aliphatic carbocycles. The Labute approximate surface area is 218 Å². The fourth-order valence-electron chi connectivity index (χ4n) is 3.66. The Morgan fingerprint density at radius 1 is 1.06 bits per heavy atom. The molecule has 0 fully saturated rings. The fourth-order valence-corrected chi connectivity index (χ4v) is 5.21. The monoisotopic (exact) mass is 536 g/mol. The van der Waals surface area contributed by atoms with Crippen molar-refractivity contribution in [3.05, 3.63) is 115 Å². The molecule has 1 aliphatic rings. The third kappa shape index (κ3) is 4.35. The number of nitrogens with zero attached hydrogens (tertiary/aromatic N) is 3. The number of halogens is 2.